The molecule has 0 aliphatic carbocycles. The Labute approximate surface area is 129 Å². The van der Waals surface area contributed by atoms with Crippen molar-refractivity contribution in [1.82, 2.24) is 5.32 Å². The van der Waals surface area contributed by atoms with Crippen LogP contribution < -0.4 is 10.1 Å². The number of aryl methyl sites for hydroxylation is 2. The summed E-state index contributed by atoms with van der Waals surface area (Å²) < 4.78 is 11.0. The van der Waals surface area contributed by atoms with Gasteiger partial charge in [-0.2, -0.15) is 0 Å². The van der Waals surface area contributed by atoms with Crippen LogP contribution in [0, 0.1) is 13.8 Å². The van der Waals surface area contributed by atoms with Gasteiger partial charge in [0.2, 0.25) is 0 Å². The van der Waals surface area contributed by atoms with Crippen LogP contribution in [0.1, 0.15) is 17.1 Å². The molecular weight excluding hydrogens is 290 g/mol. The number of ether oxygens (including phenoxy) is 1. The van der Waals surface area contributed by atoms with Crippen LogP contribution in [0.25, 0.3) is 0 Å². The van der Waals surface area contributed by atoms with Gasteiger partial charge in [0.25, 0.3) is 0 Å². The highest BCUT2D eigenvalue weighted by Gasteiger charge is 2.07. The average molecular weight is 310 g/mol. The summed E-state index contributed by atoms with van der Waals surface area (Å²) in [5, 5.41) is 13.7. The van der Waals surface area contributed by atoms with Crippen molar-refractivity contribution in [2.24, 2.45) is 0 Å². The van der Waals surface area contributed by atoms with Gasteiger partial charge in [-0.25, -0.2) is 0 Å². The Morgan fingerprint density at radius 3 is 2.76 bits per heavy atom. The molecule has 1 unspecified atom stereocenters. The Hall–Kier alpha value is -1.49. The van der Waals surface area contributed by atoms with E-state index in [0.29, 0.717) is 23.9 Å². The summed E-state index contributed by atoms with van der Waals surface area (Å²) in [4.78, 5) is 0. The third-order valence-electron chi connectivity index (χ3n) is 3.05. The van der Waals surface area contributed by atoms with Crippen LogP contribution in [0.2, 0.25) is 5.02 Å². The predicted octanol–water partition coefficient (Wildman–Crippen LogP) is 3.08. The summed E-state index contributed by atoms with van der Waals surface area (Å²) in [6, 6.07) is 9.27. The zero-order chi connectivity index (χ0) is 15.2. The van der Waals surface area contributed by atoms with E-state index in [1.165, 1.54) is 0 Å². The summed E-state index contributed by atoms with van der Waals surface area (Å²) in [7, 11) is 0. The van der Waals surface area contributed by atoms with E-state index in [4.69, 9.17) is 20.8 Å². The highest BCUT2D eigenvalue weighted by atomic mass is 35.5. The van der Waals surface area contributed by atoms with E-state index in [2.05, 4.69) is 5.32 Å². The number of benzene rings is 1. The maximum absolute atomic E-state index is 9.87. The van der Waals surface area contributed by atoms with Gasteiger partial charge in [0.15, 0.2) is 0 Å². The summed E-state index contributed by atoms with van der Waals surface area (Å²) in [5.41, 5.74) is 0.954. The molecule has 0 saturated carbocycles. The van der Waals surface area contributed by atoms with Gasteiger partial charge in [-0.1, -0.05) is 11.6 Å². The van der Waals surface area contributed by atoms with Gasteiger partial charge in [0.1, 0.15) is 30.0 Å². The van der Waals surface area contributed by atoms with Crippen LogP contribution >= 0.6 is 11.6 Å². The third-order valence-corrected chi connectivity index (χ3v) is 3.47. The number of halogens is 1. The minimum atomic E-state index is -0.586. The summed E-state index contributed by atoms with van der Waals surface area (Å²) >= 11 is 5.95. The lowest BCUT2D eigenvalue weighted by Crippen LogP contribution is -2.31. The third kappa shape index (κ3) is 5.08. The van der Waals surface area contributed by atoms with E-state index in [1.54, 1.807) is 12.1 Å². The smallest absolute Gasteiger partial charge is 0.119 e. The lowest BCUT2D eigenvalue weighted by Gasteiger charge is -2.13. The van der Waals surface area contributed by atoms with E-state index < -0.39 is 6.10 Å². The van der Waals surface area contributed by atoms with Crippen molar-refractivity contribution in [3.8, 4) is 5.75 Å². The second-order valence-electron chi connectivity index (χ2n) is 5.02. The fourth-order valence-electron chi connectivity index (χ4n) is 1.90. The molecule has 0 spiro atoms. The molecule has 0 radical (unpaired) electrons. The van der Waals surface area contributed by atoms with E-state index in [0.717, 1.165) is 17.1 Å². The molecule has 1 heterocycles. The van der Waals surface area contributed by atoms with Crippen molar-refractivity contribution in [2.75, 3.05) is 13.2 Å². The van der Waals surface area contributed by atoms with Crippen LogP contribution in [-0.2, 0) is 6.54 Å². The fraction of sp³-hybridized carbons (Fsp3) is 0.375. The Kier molecular flexibility index (Phi) is 5.67. The van der Waals surface area contributed by atoms with Crippen LogP contribution in [-0.4, -0.2) is 24.4 Å². The van der Waals surface area contributed by atoms with Gasteiger partial charge in [0, 0.05) is 11.6 Å². The molecule has 0 aliphatic rings. The minimum Gasteiger partial charge on any atom is -0.491 e. The molecule has 1 aromatic heterocycles. The molecule has 2 N–H and O–H groups in total. The van der Waals surface area contributed by atoms with Crippen molar-refractivity contribution in [3.05, 3.63) is 52.4 Å². The molecule has 114 valence electrons. The molecule has 0 fully saturated rings. The number of furan rings is 1. The molecular formula is C16H20ClNO3. The molecule has 5 heteroatoms. The van der Waals surface area contributed by atoms with E-state index in [9.17, 15) is 5.11 Å². The van der Waals surface area contributed by atoms with E-state index in [1.807, 2.05) is 32.0 Å². The van der Waals surface area contributed by atoms with Gasteiger partial charge in [-0.15, -0.1) is 0 Å². The summed E-state index contributed by atoms with van der Waals surface area (Å²) in [5.74, 6) is 2.44. The van der Waals surface area contributed by atoms with Crippen molar-refractivity contribution in [3.63, 3.8) is 0 Å². The first-order valence-electron chi connectivity index (χ1n) is 6.87. The second kappa shape index (κ2) is 7.50. The highest BCUT2D eigenvalue weighted by molar-refractivity contribution is 6.31. The van der Waals surface area contributed by atoms with E-state index in [-0.39, 0.29) is 6.61 Å². The molecule has 4 nitrogen and oxygen atoms in total. The molecule has 0 aliphatic heterocycles. The molecule has 2 rings (SSSR count). The first-order chi connectivity index (χ1) is 10.0. The molecule has 0 bridgehead atoms. The molecule has 21 heavy (non-hydrogen) atoms. The van der Waals surface area contributed by atoms with Crippen LogP contribution in [0.5, 0.6) is 5.75 Å². The number of aliphatic hydroxyl groups excluding tert-OH is 1. The predicted molar refractivity (Wildman–Crippen MR) is 82.8 cm³/mol. The molecule has 2 aromatic rings. The number of rotatable bonds is 7. The maximum Gasteiger partial charge on any atom is 0.119 e. The first-order valence-corrected chi connectivity index (χ1v) is 7.25. The standard InChI is InChI=1S/C16H20ClNO3/c1-11-7-14(5-6-16(11)17)20-10-13(19)8-18-9-15-4-3-12(2)21-15/h3-7,13,18-19H,8-10H2,1-2H3. The second-order valence-corrected chi connectivity index (χ2v) is 5.43. The molecule has 0 saturated heterocycles. The molecule has 0 amide bonds. The summed E-state index contributed by atoms with van der Waals surface area (Å²) in [6.45, 7) is 5.07. The zero-order valence-electron chi connectivity index (χ0n) is 12.2. The number of nitrogens with one attached hydrogen (secondary N) is 1. The number of hydrogen-bond acceptors (Lipinski definition) is 4. The zero-order valence-corrected chi connectivity index (χ0v) is 13.0. The van der Waals surface area contributed by atoms with Crippen LogP contribution in [0.15, 0.2) is 34.7 Å². The first kappa shape index (κ1) is 15.9. The monoisotopic (exact) mass is 309 g/mol. The van der Waals surface area contributed by atoms with Crippen LogP contribution in [0.4, 0.5) is 0 Å². The van der Waals surface area contributed by atoms with E-state index >= 15 is 0 Å². The molecule has 1 aromatic carbocycles. The SMILES string of the molecule is Cc1ccc(CNCC(O)COc2ccc(Cl)c(C)c2)o1. The Morgan fingerprint density at radius 2 is 2.10 bits per heavy atom. The van der Waals surface area contributed by atoms with Crippen molar-refractivity contribution < 1.29 is 14.3 Å². The van der Waals surface area contributed by atoms with Crippen molar-refractivity contribution in [2.45, 2.75) is 26.5 Å². The van der Waals surface area contributed by atoms with Crippen LogP contribution in [0.3, 0.4) is 0 Å². The van der Waals surface area contributed by atoms with Crippen molar-refractivity contribution >= 4 is 11.6 Å². The van der Waals surface area contributed by atoms with Gasteiger partial charge < -0.3 is 19.6 Å². The molecule has 1 atom stereocenters. The van der Waals surface area contributed by atoms with Gasteiger partial charge >= 0.3 is 0 Å². The Balaban J connectivity index is 1.69. The van der Waals surface area contributed by atoms with Crippen molar-refractivity contribution in [1.29, 1.82) is 0 Å². The highest BCUT2D eigenvalue weighted by Crippen LogP contribution is 2.21. The topological polar surface area (TPSA) is 54.6 Å². The number of aliphatic hydroxyl groups is 1. The Morgan fingerprint density at radius 1 is 1.29 bits per heavy atom. The van der Waals surface area contributed by atoms with Gasteiger partial charge in [0.05, 0.1) is 6.54 Å². The fourth-order valence-corrected chi connectivity index (χ4v) is 2.02. The minimum absolute atomic E-state index is 0.227. The normalized spacial score (nSPS) is 12.4. The number of hydrogen-bond donors (Lipinski definition) is 2. The van der Waals surface area contributed by atoms with Gasteiger partial charge in [-0.05, 0) is 49.7 Å². The Bertz CT molecular complexity index is 583. The largest absolute Gasteiger partial charge is 0.491 e. The average Bonchev–Trinajstić information content (AvgIpc) is 2.86. The summed E-state index contributed by atoms with van der Waals surface area (Å²) in [6.07, 6.45) is -0.586. The lowest BCUT2D eigenvalue weighted by atomic mass is 10.2. The quantitative estimate of drug-likeness (QED) is 0.825. The van der Waals surface area contributed by atoms with Gasteiger partial charge in [-0.3, -0.25) is 0 Å². The lowest BCUT2D eigenvalue weighted by molar-refractivity contribution is 0.105. The maximum atomic E-state index is 9.87.